The number of aliphatic carboxylic acids is 1. The lowest BCUT2D eigenvalue weighted by Crippen LogP contribution is -2.39. The van der Waals surface area contributed by atoms with Gasteiger partial charge in [0, 0.05) is 20.1 Å². The van der Waals surface area contributed by atoms with Gasteiger partial charge in [-0.2, -0.15) is 0 Å². The Kier molecular flexibility index (Phi) is 3.08. The molecule has 0 aliphatic carbocycles. The first-order valence-corrected chi connectivity index (χ1v) is 6.66. The zero-order chi connectivity index (χ0) is 14.3. The Labute approximate surface area is 115 Å². The number of benzene rings is 1. The smallest absolute Gasteiger partial charge is 0.308 e. The van der Waals surface area contributed by atoms with Crippen LogP contribution in [0, 0.1) is 11.7 Å². The highest BCUT2D eigenvalue weighted by Gasteiger charge is 2.28. The molecule has 1 N–H and O–H groups in total. The van der Waals surface area contributed by atoms with Crippen molar-refractivity contribution in [2.75, 3.05) is 18.0 Å². The van der Waals surface area contributed by atoms with Gasteiger partial charge in [-0.25, -0.2) is 9.37 Å². The molecule has 1 atom stereocenters. The van der Waals surface area contributed by atoms with E-state index in [9.17, 15) is 9.18 Å². The predicted octanol–water partition coefficient (Wildman–Crippen LogP) is 2.01. The summed E-state index contributed by atoms with van der Waals surface area (Å²) >= 11 is 0. The van der Waals surface area contributed by atoms with Crippen LogP contribution >= 0.6 is 0 Å². The third kappa shape index (κ3) is 2.01. The monoisotopic (exact) mass is 277 g/mol. The van der Waals surface area contributed by atoms with Crippen molar-refractivity contribution in [3.63, 3.8) is 0 Å². The molecule has 1 aromatic carbocycles. The molecule has 1 aliphatic rings. The third-order valence-electron chi connectivity index (χ3n) is 3.89. The predicted molar refractivity (Wildman–Crippen MR) is 73.2 cm³/mol. The van der Waals surface area contributed by atoms with Crippen LogP contribution in [0.3, 0.4) is 0 Å². The third-order valence-corrected chi connectivity index (χ3v) is 3.89. The molecular formula is C14H16FN3O2. The number of imidazole rings is 1. The highest BCUT2D eigenvalue weighted by Crippen LogP contribution is 2.27. The SMILES string of the molecule is Cn1c(N2CCC[C@@H](C(=O)O)C2)nc2c(F)cccc21. The second kappa shape index (κ2) is 4.77. The van der Waals surface area contributed by atoms with Gasteiger partial charge in [0.15, 0.2) is 5.82 Å². The van der Waals surface area contributed by atoms with E-state index in [0.29, 0.717) is 24.4 Å². The van der Waals surface area contributed by atoms with E-state index in [0.717, 1.165) is 18.5 Å². The molecular weight excluding hydrogens is 261 g/mol. The number of para-hydroxylation sites is 1. The van der Waals surface area contributed by atoms with Crippen molar-refractivity contribution in [1.82, 2.24) is 9.55 Å². The number of aromatic nitrogens is 2. The van der Waals surface area contributed by atoms with E-state index in [1.165, 1.54) is 6.07 Å². The molecule has 0 saturated carbocycles. The Hall–Kier alpha value is -2.11. The summed E-state index contributed by atoms with van der Waals surface area (Å²) in [7, 11) is 1.83. The maximum Gasteiger partial charge on any atom is 0.308 e. The largest absolute Gasteiger partial charge is 0.481 e. The van der Waals surface area contributed by atoms with Crippen LogP contribution in [-0.4, -0.2) is 33.7 Å². The fraction of sp³-hybridized carbons (Fsp3) is 0.429. The van der Waals surface area contributed by atoms with Crippen molar-refractivity contribution in [3.8, 4) is 0 Å². The van der Waals surface area contributed by atoms with E-state index >= 15 is 0 Å². The Morgan fingerprint density at radius 1 is 1.50 bits per heavy atom. The van der Waals surface area contributed by atoms with Crippen molar-refractivity contribution in [3.05, 3.63) is 24.0 Å². The van der Waals surface area contributed by atoms with Gasteiger partial charge in [0.05, 0.1) is 11.4 Å². The molecule has 5 nitrogen and oxygen atoms in total. The highest BCUT2D eigenvalue weighted by molar-refractivity contribution is 5.79. The lowest BCUT2D eigenvalue weighted by Gasteiger charge is -2.31. The molecule has 6 heteroatoms. The van der Waals surface area contributed by atoms with Crippen LogP contribution in [0.1, 0.15) is 12.8 Å². The molecule has 1 aliphatic heterocycles. The Balaban J connectivity index is 2.00. The second-order valence-electron chi connectivity index (χ2n) is 5.20. The summed E-state index contributed by atoms with van der Waals surface area (Å²) in [5.41, 5.74) is 1.06. The molecule has 1 saturated heterocycles. The molecule has 106 valence electrons. The Morgan fingerprint density at radius 3 is 3.00 bits per heavy atom. The lowest BCUT2D eigenvalue weighted by molar-refractivity contribution is -0.141. The van der Waals surface area contributed by atoms with Crippen LogP contribution < -0.4 is 4.90 Å². The van der Waals surface area contributed by atoms with Crippen molar-refractivity contribution in [2.45, 2.75) is 12.8 Å². The number of hydrogen-bond donors (Lipinski definition) is 1. The van der Waals surface area contributed by atoms with Crippen LogP contribution in [-0.2, 0) is 11.8 Å². The number of rotatable bonds is 2. The summed E-state index contributed by atoms with van der Waals surface area (Å²) < 4.78 is 15.6. The number of anilines is 1. The van der Waals surface area contributed by atoms with Crippen molar-refractivity contribution >= 4 is 23.0 Å². The summed E-state index contributed by atoms with van der Waals surface area (Å²) in [6, 6.07) is 4.85. The fourth-order valence-corrected chi connectivity index (χ4v) is 2.81. The van der Waals surface area contributed by atoms with Gasteiger partial charge in [0.1, 0.15) is 5.52 Å². The minimum absolute atomic E-state index is 0.336. The molecule has 0 radical (unpaired) electrons. The summed E-state index contributed by atoms with van der Waals surface area (Å²) in [6.45, 7) is 1.18. The van der Waals surface area contributed by atoms with E-state index in [-0.39, 0.29) is 11.7 Å². The molecule has 0 amide bonds. The number of nitrogens with zero attached hydrogens (tertiary/aromatic N) is 3. The maximum atomic E-state index is 13.8. The van der Waals surface area contributed by atoms with Gasteiger partial charge in [-0.3, -0.25) is 4.79 Å². The van der Waals surface area contributed by atoms with Gasteiger partial charge in [0.25, 0.3) is 0 Å². The van der Waals surface area contributed by atoms with Gasteiger partial charge >= 0.3 is 5.97 Å². The summed E-state index contributed by atoms with van der Waals surface area (Å²) in [6.07, 6.45) is 1.49. The van der Waals surface area contributed by atoms with Gasteiger partial charge in [0.2, 0.25) is 5.95 Å². The second-order valence-corrected chi connectivity index (χ2v) is 5.20. The van der Waals surface area contributed by atoms with Crippen molar-refractivity contribution in [2.24, 2.45) is 13.0 Å². The standard InChI is InChI=1S/C14H16FN3O2/c1-17-11-6-2-5-10(15)12(11)16-14(17)18-7-3-4-9(8-18)13(19)20/h2,5-6,9H,3-4,7-8H2,1H3,(H,19,20)/t9-/m1/s1. The highest BCUT2D eigenvalue weighted by atomic mass is 19.1. The first-order valence-electron chi connectivity index (χ1n) is 6.66. The zero-order valence-electron chi connectivity index (χ0n) is 11.2. The molecule has 2 aromatic rings. The number of carboxylic acids is 1. The quantitative estimate of drug-likeness (QED) is 0.912. The first kappa shape index (κ1) is 12.9. The number of halogens is 1. The Bertz CT molecular complexity index is 668. The summed E-state index contributed by atoms with van der Waals surface area (Å²) in [5.74, 6) is -0.875. The normalized spacial score (nSPS) is 19.5. The summed E-state index contributed by atoms with van der Waals surface area (Å²) in [4.78, 5) is 17.4. The van der Waals surface area contributed by atoms with Gasteiger partial charge < -0.3 is 14.6 Å². The number of hydrogen-bond acceptors (Lipinski definition) is 3. The molecule has 0 bridgehead atoms. The van der Waals surface area contributed by atoms with Gasteiger partial charge in [-0.15, -0.1) is 0 Å². The number of piperidine rings is 1. The van der Waals surface area contributed by atoms with E-state index in [4.69, 9.17) is 5.11 Å². The summed E-state index contributed by atoms with van der Waals surface area (Å²) in [5, 5.41) is 9.14. The van der Waals surface area contributed by atoms with Crippen LogP contribution in [0.5, 0.6) is 0 Å². The number of carboxylic acid groups (broad SMARTS) is 1. The van der Waals surface area contributed by atoms with Gasteiger partial charge in [-0.1, -0.05) is 6.07 Å². The molecule has 20 heavy (non-hydrogen) atoms. The van der Waals surface area contributed by atoms with E-state index in [1.54, 1.807) is 6.07 Å². The molecule has 0 spiro atoms. The average molecular weight is 277 g/mol. The molecule has 1 aromatic heterocycles. The Morgan fingerprint density at radius 2 is 2.30 bits per heavy atom. The van der Waals surface area contributed by atoms with E-state index in [2.05, 4.69) is 4.98 Å². The number of fused-ring (bicyclic) bond motifs is 1. The van der Waals surface area contributed by atoms with Crippen LogP contribution in [0.15, 0.2) is 18.2 Å². The van der Waals surface area contributed by atoms with Crippen LogP contribution in [0.4, 0.5) is 10.3 Å². The molecule has 3 rings (SSSR count). The lowest BCUT2D eigenvalue weighted by atomic mass is 9.99. The number of carbonyl (C=O) groups is 1. The maximum absolute atomic E-state index is 13.8. The number of aryl methyl sites for hydroxylation is 1. The molecule has 2 heterocycles. The van der Waals surface area contributed by atoms with Crippen molar-refractivity contribution < 1.29 is 14.3 Å². The minimum Gasteiger partial charge on any atom is -0.481 e. The fourth-order valence-electron chi connectivity index (χ4n) is 2.81. The van der Waals surface area contributed by atoms with Gasteiger partial charge in [-0.05, 0) is 25.0 Å². The van der Waals surface area contributed by atoms with Crippen LogP contribution in [0.2, 0.25) is 0 Å². The zero-order valence-corrected chi connectivity index (χ0v) is 11.2. The average Bonchev–Trinajstić information content (AvgIpc) is 2.78. The first-order chi connectivity index (χ1) is 9.58. The minimum atomic E-state index is -0.778. The van der Waals surface area contributed by atoms with Crippen LogP contribution in [0.25, 0.3) is 11.0 Å². The topological polar surface area (TPSA) is 58.4 Å². The van der Waals surface area contributed by atoms with E-state index in [1.807, 2.05) is 22.6 Å². The molecule has 1 fully saturated rings. The van der Waals surface area contributed by atoms with Crippen molar-refractivity contribution in [1.29, 1.82) is 0 Å². The van der Waals surface area contributed by atoms with E-state index < -0.39 is 5.97 Å². The molecule has 0 unspecified atom stereocenters.